The molecule has 0 bridgehead atoms. The van der Waals surface area contributed by atoms with Gasteiger partial charge >= 0.3 is 5.97 Å². The first-order chi connectivity index (χ1) is 6.02. The van der Waals surface area contributed by atoms with E-state index < -0.39 is 11.4 Å². The van der Waals surface area contributed by atoms with Gasteiger partial charge in [-0.2, -0.15) is 5.10 Å². The molecule has 0 saturated heterocycles. The van der Waals surface area contributed by atoms with Gasteiger partial charge in [-0.1, -0.05) is 0 Å². The Morgan fingerprint density at radius 2 is 2.31 bits per heavy atom. The number of carbonyl (C=O) groups is 1. The van der Waals surface area contributed by atoms with Gasteiger partial charge < -0.3 is 5.11 Å². The Balaban J connectivity index is 2.47. The molecule has 13 heavy (non-hydrogen) atoms. The van der Waals surface area contributed by atoms with Crippen molar-refractivity contribution in [1.29, 1.82) is 0 Å². The van der Waals surface area contributed by atoms with E-state index in [0.29, 0.717) is 13.0 Å². The van der Waals surface area contributed by atoms with Crippen molar-refractivity contribution in [3.63, 3.8) is 0 Å². The molecule has 4 nitrogen and oxygen atoms in total. The van der Waals surface area contributed by atoms with E-state index in [1.54, 1.807) is 24.7 Å². The van der Waals surface area contributed by atoms with Gasteiger partial charge in [-0.25, -0.2) is 0 Å². The summed E-state index contributed by atoms with van der Waals surface area (Å²) < 4.78 is 1.74. The van der Waals surface area contributed by atoms with Crippen LogP contribution in [-0.4, -0.2) is 20.9 Å². The van der Waals surface area contributed by atoms with Crippen LogP contribution in [0.3, 0.4) is 0 Å². The molecule has 0 unspecified atom stereocenters. The molecule has 1 aromatic heterocycles. The summed E-state index contributed by atoms with van der Waals surface area (Å²) in [5.41, 5.74) is -0.675. The summed E-state index contributed by atoms with van der Waals surface area (Å²) in [6, 6.07) is 1.83. The molecule has 0 aliphatic heterocycles. The molecule has 0 amide bonds. The zero-order valence-electron chi connectivity index (χ0n) is 7.90. The van der Waals surface area contributed by atoms with E-state index >= 15 is 0 Å². The normalized spacial score (nSPS) is 11.5. The predicted octanol–water partition coefficient (Wildman–Crippen LogP) is 1.38. The van der Waals surface area contributed by atoms with Crippen LogP contribution >= 0.6 is 0 Å². The molecule has 0 fully saturated rings. The molecule has 0 saturated carbocycles. The highest BCUT2D eigenvalue weighted by Gasteiger charge is 2.26. The Bertz CT molecular complexity index is 278. The molecule has 0 atom stereocenters. The quantitative estimate of drug-likeness (QED) is 0.765. The third-order valence-corrected chi connectivity index (χ3v) is 2.10. The predicted molar refractivity (Wildman–Crippen MR) is 48.3 cm³/mol. The summed E-state index contributed by atoms with van der Waals surface area (Å²) in [5.74, 6) is -0.764. The van der Waals surface area contributed by atoms with Crippen LogP contribution in [0.4, 0.5) is 0 Å². The van der Waals surface area contributed by atoms with E-state index in [-0.39, 0.29) is 0 Å². The second-order valence-corrected chi connectivity index (χ2v) is 3.71. The lowest BCUT2D eigenvalue weighted by Crippen LogP contribution is -2.25. The van der Waals surface area contributed by atoms with Crippen molar-refractivity contribution in [3.05, 3.63) is 18.5 Å². The smallest absolute Gasteiger partial charge is 0.309 e. The van der Waals surface area contributed by atoms with Crippen LogP contribution in [0, 0.1) is 5.41 Å². The number of aliphatic carboxylic acids is 1. The molecule has 0 aromatic carbocycles. The number of carboxylic acid groups (broad SMARTS) is 1. The molecule has 1 aromatic rings. The third-order valence-electron chi connectivity index (χ3n) is 2.10. The maximum atomic E-state index is 10.8. The second-order valence-electron chi connectivity index (χ2n) is 3.71. The Morgan fingerprint density at radius 1 is 1.62 bits per heavy atom. The fourth-order valence-electron chi connectivity index (χ4n) is 0.934. The molecule has 72 valence electrons. The highest BCUT2D eigenvalue weighted by molar-refractivity contribution is 5.73. The van der Waals surface area contributed by atoms with Gasteiger partial charge in [-0.15, -0.1) is 0 Å². The summed E-state index contributed by atoms with van der Waals surface area (Å²) in [4.78, 5) is 10.8. The number of carboxylic acids is 1. The molecule has 0 radical (unpaired) electrons. The number of hydrogen-bond acceptors (Lipinski definition) is 2. The van der Waals surface area contributed by atoms with Gasteiger partial charge in [0.15, 0.2) is 0 Å². The number of hydrogen-bond donors (Lipinski definition) is 1. The summed E-state index contributed by atoms with van der Waals surface area (Å²) in [6.45, 7) is 4.09. The maximum Gasteiger partial charge on any atom is 0.309 e. The molecule has 0 spiro atoms. The Hall–Kier alpha value is -1.32. The van der Waals surface area contributed by atoms with Crippen LogP contribution < -0.4 is 0 Å². The van der Waals surface area contributed by atoms with E-state index in [4.69, 9.17) is 5.11 Å². The number of aromatic nitrogens is 2. The van der Waals surface area contributed by atoms with Gasteiger partial charge in [0.05, 0.1) is 5.41 Å². The average Bonchev–Trinajstić information content (AvgIpc) is 2.52. The van der Waals surface area contributed by atoms with Gasteiger partial charge in [0.25, 0.3) is 0 Å². The van der Waals surface area contributed by atoms with Crippen molar-refractivity contribution < 1.29 is 9.90 Å². The first-order valence-corrected chi connectivity index (χ1v) is 4.23. The van der Waals surface area contributed by atoms with Crippen molar-refractivity contribution in [3.8, 4) is 0 Å². The van der Waals surface area contributed by atoms with Crippen LogP contribution in [0.15, 0.2) is 18.5 Å². The van der Waals surface area contributed by atoms with E-state index in [1.807, 2.05) is 12.3 Å². The van der Waals surface area contributed by atoms with Crippen molar-refractivity contribution in [2.24, 2.45) is 5.41 Å². The maximum absolute atomic E-state index is 10.8. The standard InChI is InChI=1S/C9H14N2O2/c1-9(2,8(12)13)4-7-11-6-3-5-10-11/h3,5-6H,4,7H2,1-2H3,(H,12,13). The Labute approximate surface area is 77.2 Å². The molecule has 1 rings (SSSR count). The van der Waals surface area contributed by atoms with E-state index in [0.717, 1.165) is 0 Å². The zero-order chi connectivity index (χ0) is 9.90. The number of nitrogens with zero attached hydrogens (tertiary/aromatic N) is 2. The molecule has 0 aliphatic rings. The minimum Gasteiger partial charge on any atom is -0.481 e. The summed E-state index contributed by atoms with van der Waals surface area (Å²) in [6.07, 6.45) is 4.11. The van der Waals surface area contributed by atoms with Crippen molar-refractivity contribution in [1.82, 2.24) is 9.78 Å². The van der Waals surface area contributed by atoms with Crippen LogP contribution in [0.25, 0.3) is 0 Å². The fraction of sp³-hybridized carbons (Fsp3) is 0.556. The highest BCUT2D eigenvalue weighted by atomic mass is 16.4. The molecular formula is C9H14N2O2. The molecule has 1 N–H and O–H groups in total. The van der Waals surface area contributed by atoms with Gasteiger partial charge in [0.1, 0.15) is 0 Å². The molecular weight excluding hydrogens is 168 g/mol. The largest absolute Gasteiger partial charge is 0.481 e. The van der Waals surface area contributed by atoms with Crippen LogP contribution in [0.5, 0.6) is 0 Å². The van der Waals surface area contributed by atoms with Gasteiger partial charge in [-0.05, 0) is 26.3 Å². The first-order valence-electron chi connectivity index (χ1n) is 4.23. The minimum absolute atomic E-state index is 0.587. The fourth-order valence-corrected chi connectivity index (χ4v) is 0.934. The van der Waals surface area contributed by atoms with Crippen molar-refractivity contribution >= 4 is 5.97 Å². The lowest BCUT2D eigenvalue weighted by atomic mass is 9.90. The van der Waals surface area contributed by atoms with E-state index in [2.05, 4.69) is 5.10 Å². The molecule has 1 heterocycles. The lowest BCUT2D eigenvalue weighted by Gasteiger charge is -2.18. The lowest BCUT2D eigenvalue weighted by molar-refractivity contribution is -0.147. The van der Waals surface area contributed by atoms with Gasteiger partial charge in [0.2, 0.25) is 0 Å². The molecule has 0 aliphatic carbocycles. The van der Waals surface area contributed by atoms with E-state index in [9.17, 15) is 4.79 Å². The van der Waals surface area contributed by atoms with Crippen LogP contribution in [-0.2, 0) is 11.3 Å². The Kier molecular flexibility index (Phi) is 2.70. The minimum atomic E-state index is -0.764. The SMILES string of the molecule is CC(C)(CCn1cccn1)C(=O)O. The first kappa shape index (κ1) is 9.77. The summed E-state index contributed by atoms with van der Waals surface area (Å²) in [5, 5.41) is 12.8. The van der Waals surface area contributed by atoms with Crippen molar-refractivity contribution in [2.75, 3.05) is 0 Å². The zero-order valence-corrected chi connectivity index (χ0v) is 7.90. The Morgan fingerprint density at radius 3 is 2.77 bits per heavy atom. The van der Waals surface area contributed by atoms with E-state index in [1.165, 1.54) is 0 Å². The monoisotopic (exact) mass is 182 g/mol. The van der Waals surface area contributed by atoms with Gasteiger partial charge in [0, 0.05) is 18.9 Å². The van der Waals surface area contributed by atoms with Crippen LogP contribution in [0.2, 0.25) is 0 Å². The second kappa shape index (κ2) is 3.60. The number of aryl methyl sites for hydroxylation is 1. The number of rotatable bonds is 4. The van der Waals surface area contributed by atoms with Crippen LogP contribution in [0.1, 0.15) is 20.3 Å². The third kappa shape index (κ3) is 2.57. The molecule has 4 heteroatoms. The summed E-state index contributed by atoms with van der Waals surface area (Å²) >= 11 is 0. The average molecular weight is 182 g/mol. The highest BCUT2D eigenvalue weighted by Crippen LogP contribution is 2.20. The van der Waals surface area contributed by atoms with Crippen molar-refractivity contribution in [2.45, 2.75) is 26.8 Å². The topological polar surface area (TPSA) is 55.1 Å². The van der Waals surface area contributed by atoms with Gasteiger partial charge in [-0.3, -0.25) is 9.48 Å². The summed E-state index contributed by atoms with van der Waals surface area (Å²) in [7, 11) is 0.